The lowest BCUT2D eigenvalue weighted by Crippen LogP contribution is -2.61. The Balaban J connectivity index is 1.40. The van der Waals surface area contributed by atoms with E-state index in [1.807, 2.05) is 14.2 Å². The molecule has 0 aromatic heterocycles. The standard InChI is InChI=1S/C26H25BrO6/c1-30-20(28)22-11-5-6-12-7(11)9-15(22)17-16-10-8(13(5)25(16,22)32-3)14(6)26(33-4)19(10)24(17,27)18(9)23(12,26)21(29)31-2/h5-15,18-19H,1-4H3/t5-,6+,7-,8-,9-,10-,11-,12+,13+,14-,15-,18-,19-,22-,23+,24+,25-,26+/m0/s1. The Morgan fingerprint density at radius 1 is 0.727 bits per heavy atom. The molecule has 0 bridgehead atoms. The van der Waals surface area contributed by atoms with Crippen molar-refractivity contribution in [2.45, 2.75) is 15.5 Å². The number of carbonyl (C=O) groups is 2. The van der Waals surface area contributed by atoms with Gasteiger partial charge < -0.3 is 18.9 Å². The maximum absolute atomic E-state index is 14.1. The summed E-state index contributed by atoms with van der Waals surface area (Å²) in [6.45, 7) is 0. The summed E-state index contributed by atoms with van der Waals surface area (Å²) in [6.07, 6.45) is 0. The largest absolute Gasteiger partial charge is 0.468 e. The molecule has 0 spiro atoms. The van der Waals surface area contributed by atoms with Gasteiger partial charge in [-0.15, -0.1) is 0 Å². The van der Waals surface area contributed by atoms with Crippen molar-refractivity contribution in [3.05, 3.63) is 11.1 Å². The SMILES string of the molecule is COC(=O)[C@@]12[C@H]3[C@H]4[C@@H]5[C@@H]1[C@]1(Br)C6=C7[C@@H]8[C@@H]9[C@H]([C@@H]3[C@H]3[C@@H]4[C@@](C(=O)OC)([C@H]65)[C@]7(OC)[C@@H]93)[C@@]2(OC)[C@@H]81. The van der Waals surface area contributed by atoms with Gasteiger partial charge in [-0.05, 0) is 64.4 Å². The van der Waals surface area contributed by atoms with Crippen LogP contribution in [0.4, 0.5) is 0 Å². The quantitative estimate of drug-likeness (QED) is 0.324. The molecule has 7 heteroatoms. The minimum Gasteiger partial charge on any atom is -0.468 e. The zero-order chi connectivity index (χ0) is 22.1. The van der Waals surface area contributed by atoms with Gasteiger partial charge in [-0.25, -0.2) is 0 Å². The van der Waals surface area contributed by atoms with E-state index in [1.54, 1.807) is 14.2 Å². The first-order chi connectivity index (χ1) is 15.9. The van der Waals surface area contributed by atoms with E-state index < -0.39 is 22.0 Å². The highest BCUT2D eigenvalue weighted by atomic mass is 79.9. The van der Waals surface area contributed by atoms with Gasteiger partial charge in [0.2, 0.25) is 0 Å². The number of carbonyl (C=O) groups excluding carboxylic acids is 2. The van der Waals surface area contributed by atoms with Gasteiger partial charge in [0.1, 0.15) is 16.4 Å². The van der Waals surface area contributed by atoms with Crippen molar-refractivity contribution in [3.8, 4) is 0 Å². The number of methoxy groups -OCH3 is 4. The molecule has 172 valence electrons. The van der Waals surface area contributed by atoms with Gasteiger partial charge in [0.25, 0.3) is 0 Å². The summed E-state index contributed by atoms with van der Waals surface area (Å²) in [5.41, 5.74) is 0.766. The first-order valence-corrected chi connectivity index (χ1v) is 13.4. The molecule has 0 unspecified atom stereocenters. The van der Waals surface area contributed by atoms with Gasteiger partial charge in [-0.1, -0.05) is 15.9 Å². The van der Waals surface area contributed by atoms with Crippen molar-refractivity contribution in [1.82, 2.24) is 0 Å². The molecule has 10 saturated carbocycles. The lowest BCUT2D eigenvalue weighted by Gasteiger charge is -2.49. The maximum atomic E-state index is 14.1. The number of ether oxygens (including phenoxy) is 4. The summed E-state index contributed by atoms with van der Waals surface area (Å²) in [4.78, 5) is 28.2. The molecular formula is C26H25BrO6. The fraction of sp³-hybridized carbons (Fsp3) is 0.846. The van der Waals surface area contributed by atoms with E-state index in [2.05, 4.69) is 15.9 Å². The monoisotopic (exact) mass is 512 g/mol. The minimum absolute atomic E-state index is 0.0314. The van der Waals surface area contributed by atoms with Gasteiger partial charge in [-0.2, -0.15) is 0 Å². The Morgan fingerprint density at radius 3 is 2.03 bits per heavy atom. The Morgan fingerprint density at radius 2 is 1.36 bits per heavy atom. The van der Waals surface area contributed by atoms with Crippen molar-refractivity contribution in [2.75, 3.05) is 28.4 Å². The predicted octanol–water partition coefficient (Wildman–Crippen LogP) is 1.67. The first kappa shape index (κ1) is 17.5. The van der Waals surface area contributed by atoms with Gasteiger partial charge in [0.15, 0.2) is 0 Å². The number of esters is 2. The Kier molecular flexibility index (Phi) is 2.11. The van der Waals surface area contributed by atoms with Crippen LogP contribution >= 0.6 is 15.9 Å². The van der Waals surface area contributed by atoms with E-state index in [0.717, 1.165) is 0 Å². The molecule has 10 fully saturated rings. The first-order valence-electron chi connectivity index (χ1n) is 12.6. The molecule has 0 heterocycles. The summed E-state index contributed by atoms with van der Waals surface area (Å²) < 4.78 is 24.7. The summed E-state index contributed by atoms with van der Waals surface area (Å²) in [5.74, 6) is 4.04. The molecule has 0 amide bonds. The number of allylic oxidation sites excluding steroid dienone is 1. The van der Waals surface area contributed by atoms with E-state index in [4.69, 9.17) is 18.9 Å². The molecule has 0 N–H and O–H groups in total. The van der Waals surface area contributed by atoms with Crippen LogP contribution in [0, 0.1) is 87.8 Å². The van der Waals surface area contributed by atoms with Crippen LogP contribution in [0.2, 0.25) is 0 Å². The fourth-order valence-corrected chi connectivity index (χ4v) is 18.2. The molecule has 0 aromatic rings. The van der Waals surface area contributed by atoms with Crippen molar-refractivity contribution in [3.63, 3.8) is 0 Å². The number of alkyl halides is 1. The van der Waals surface area contributed by atoms with Crippen LogP contribution in [-0.4, -0.2) is 55.9 Å². The second kappa shape index (κ2) is 3.98. The summed E-state index contributed by atoms with van der Waals surface area (Å²) in [7, 11) is 6.88. The number of hydrogen-bond donors (Lipinski definition) is 0. The highest BCUT2D eigenvalue weighted by molar-refractivity contribution is 9.10. The van der Waals surface area contributed by atoms with Gasteiger partial charge in [0.05, 0.1) is 24.1 Å². The van der Waals surface area contributed by atoms with Crippen molar-refractivity contribution in [1.29, 1.82) is 0 Å². The third-order valence-electron chi connectivity index (χ3n) is 14.8. The van der Waals surface area contributed by atoms with E-state index >= 15 is 0 Å². The Hall–Kier alpha value is -0.920. The minimum atomic E-state index is -0.595. The Labute approximate surface area is 199 Å². The normalized spacial score (nSPS) is 76.7. The molecular weight excluding hydrogens is 488 g/mol. The third kappa shape index (κ3) is 0.877. The van der Waals surface area contributed by atoms with Crippen LogP contribution in [-0.2, 0) is 28.5 Å². The van der Waals surface area contributed by atoms with Crippen LogP contribution in [0.1, 0.15) is 0 Å². The zero-order valence-electron chi connectivity index (χ0n) is 18.8. The third-order valence-corrected chi connectivity index (χ3v) is 16.2. The molecule has 12 aliphatic rings. The van der Waals surface area contributed by atoms with Gasteiger partial charge in [0, 0.05) is 37.9 Å². The molecule has 0 radical (unpaired) electrons. The molecule has 12 rings (SSSR count). The smallest absolute Gasteiger partial charge is 0.316 e. The van der Waals surface area contributed by atoms with Gasteiger partial charge in [-0.3, -0.25) is 9.59 Å². The van der Waals surface area contributed by atoms with Crippen molar-refractivity contribution in [2.24, 2.45) is 87.8 Å². The second-order valence-corrected chi connectivity index (χ2v) is 14.5. The number of halogens is 1. The average Bonchev–Trinajstić information content (AvgIpc) is 3.60. The van der Waals surface area contributed by atoms with Crippen molar-refractivity contribution >= 4 is 27.9 Å². The van der Waals surface area contributed by atoms with Gasteiger partial charge >= 0.3 is 11.9 Å². The molecule has 0 aromatic carbocycles. The topological polar surface area (TPSA) is 71.1 Å². The van der Waals surface area contributed by atoms with E-state index in [9.17, 15) is 9.59 Å². The molecule has 33 heavy (non-hydrogen) atoms. The highest BCUT2D eigenvalue weighted by Crippen LogP contribution is 3.08. The summed E-state index contributed by atoms with van der Waals surface area (Å²) in [6, 6.07) is 0. The zero-order valence-corrected chi connectivity index (χ0v) is 20.4. The molecule has 0 aliphatic heterocycles. The van der Waals surface area contributed by atoms with Crippen LogP contribution in [0.25, 0.3) is 0 Å². The Bertz CT molecular complexity index is 1280. The van der Waals surface area contributed by atoms with E-state index in [0.29, 0.717) is 47.3 Å². The van der Waals surface area contributed by atoms with Crippen LogP contribution < -0.4 is 0 Å². The lowest BCUT2D eigenvalue weighted by atomic mass is 9.59. The molecule has 18 atom stereocenters. The molecule has 12 aliphatic carbocycles. The summed E-state index contributed by atoms with van der Waals surface area (Å²) >= 11 is 4.42. The highest BCUT2D eigenvalue weighted by Gasteiger charge is 3.12. The number of hydrogen-bond acceptors (Lipinski definition) is 6. The average molecular weight is 513 g/mol. The van der Waals surface area contributed by atoms with Crippen LogP contribution in [0.3, 0.4) is 0 Å². The van der Waals surface area contributed by atoms with Crippen molar-refractivity contribution < 1.29 is 28.5 Å². The van der Waals surface area contributed by atoms with E-state index in [1.165, 1.54) is 11.1 Å². The fourth-order valence-electron chi connectivity index (χ4n) is 16.4. The summed E-state index contributed by atoms with van der Waals surface area (Å²) in [5, 5.41) is 0. The van der Waals surface area contributed by atoms with Crippen LogP contribution in [0.15, 0.2) is 11.1 Å². The van der Waals surface area contributed by atoms with E-state index in [-0.39, 0.29) is 45.9 Å². The molecule has 6 nitrogen and oxygen atoms in total. The second-order valence-electron chi connectivity index (χ2n) is 13.2. The molecule has 0 saturated heterocycles. The predicted molar refractivity (Wildman–Crippen MR) is 112 cm³/mol. The van der Waals surface area contributed by atoms with Crippen LogP contribution in [0.5, 0.6) is 0 Å². The number of rotatable bonds is 4. The lowest BCUT2D eigenvalue weighted by molar-refractivity contribution is -0.194. The maximum Gasteiger partial charge on any atom is 0.316 e.